The number of amides is 2. The number of piperazine rings is 1. The van der Waals surface area contributed by atoms with Crippen LogP contribution in [0.25, 0.3) is 0 Å². The second-order valence-corrected chi connectivity index (χ2v) is 9.17. The number of amidine groups is 1. The summed E-state index contributed by atoms with van der Waals surface area (Å²) in [5, 5.41) is 10.3. The van der Waals surface area contributed by atoms with Crippen molar-refractivity contribution in [1.29, 1.82) is 0 Å². The third-order valence-corrected chi connectivity index (χ3v) is 7.49. The van der Waals surface area contributed by atoms with Crippen LogP contribution in [0.1, 0.15) is 25.7 Å². The van der Waals surface area contributed by atoms with Crippen molar-refractivity contribution in [3.8, 4) is 0 Å². The molecule has 9 heteroatoms. The summed E-state index contributed by atoms with van der Waals surface area (Å²) in [7, 11) is 0. The van der Waals surface area contributed by atoms with Gasteiger partial charge >= 0.3 is 0 Å². The van der Waals surface area contributed by atoms with Crippen molar-refractivity contribution < 1.29 is 14.7 Å². The second-order valence-electron chi connectivity index (χ2n) is 7.11. The van der Waals surface area contributed by atoms with E-state index < -0.39 is 0 Å². The fourth-order valence-electron chi connectivity index (χ4n) is 3.92. The molecule has 4 aliphatic rings. The summed E-state index contributed by atoms with van der Waals surface area (Å²) in [6.45, 7) is 3.73. The van der Waals surface area contributed by atoms with Crippen molar-refractivity contribution >= 4 is 45.5 Å². The van der Waals surface area contributed by atoms with Gasteiger partial charge in [-0.3, -0.25) is 14.5 Å². The third kappa shape index (κ3) is 4.16. The number of aliphatic hydroxyl groups is 1. The zero-order chi connectivity index (χ0) is 18.8. The first-order valence-electron chi connectivity index (χ1n) is 9.50. The molecular weight excluding hydrogens is 384 g/mol. The minimum atomic E-state index is -0.245. The van der Waals surface area contributed by atoms with Crippen LogP contribution in [0.15, 0.2) is 20.5 Å². The predicted octanol–water partition coefficient (Wildman–Crippen LogP) is 1.34. The number of hydrogen-bond acceptors (Lipinski definition) is 7. The Morgan fingerprint density at radius 2 is 1.96 bits per heavy atom. The average Bonchev–Trinajstić information content (AvgIpc) is 3.06. The number of hydrogen-bond donors (Lipinski definition) is 1. The van der Waals surface area contributed by atoms with E-state index in [4.69, 9.17) is 5.11 Å². The second kappa shape index (κ2) is 8.46. The molecule has 3 aliphatic heterocycles. The van der Waals surface area contributed by atoms with Gasteiger partial charge in [0.1, 0.15) is 5.92 Å². The van der Waals surface area contributed by atoms with E-state index >= 15 is 0 Å². The number of carbonyl (C=O) groups is 2. The van der Waals surface area contributed by atoms with Gasteiger partial charge in [-0.1, -0.05) is 23.5 Å². The van der Waals surface area contributed by atoms with Gasteiger partial charge in [-0.25, -0.2) is 4.99 Å². The van der Waals surface area contributed by atoms with Crippen LogP contribution in [0.2, 0.25) is 0 Å². The Bertz CT molecular complexity index is 726. The molecule has 1 saturated heterocycles. The van der Waals surface area contributed by atoms with Gasteiger partial charge in [0, 0.05) is 32.7 Å². The van der Waals surface area contributed by atoms with Crippen LogP contribution in [0.3, 0.4) is 0 Å². The van der Waals surface area contributed by atoms with Gasteiger partial charge in [-0.05, 0) is 36.2 Å². The number of nitrogens with zero attached hydrogens (tertiary/aromatic N) is 4. The summed E-state index contributed by atoms with van der Waals surface area (Å²) < 4.78 is 0. The number of allylic oxidation sites excluding steroid dienone is 1. The fraction of sp³-hybridized carbons (Fsp3) is 0.667. The highest BCUT2D eigenvalue weighted by atomic mass is 32.2. The molecule has 1 N–H and O–H groups in total. The van der Waals surface area contributed by atoms with E-state index in [2.05, 4.69) is 14.9 Å². The zero-order valence-corrected chi connectivity index (χ0v) is 16.9. The maximum absolute atomic E-state index is 12.5. The van der Waals surface area contributed by atoms with Gasteiger partial charge in [0.2, 0.25) is 5.91 Å². The van der Waals surface area contributed by atoms with Crippen LogP contribution in [0.4, 0.5) is 0 Å². The molecule has 1 atom stereocenters. The minimum Gasteiger partial charge on any atom is -0.395 e. The number of rotatable bonds is 4. The molecule has 0 aromatic rings. The number of thioether (sulfide) groups is 2. The van der Waals surface area contributed by atoms with Crippen molar-refractivity contribution in [3.63, 3.8) is 0 Å². The molecule has 0 aromatic heterocycles. The van der Waals surface area contributed by atoms with Gasteiger partial charge in [0.25, 0.3) is 5.91 Å². The van der Waals surface area contributed by atoms with E-state index in [1.165, 1.54) is 28.7 Å². The molecule has 7 nitrogen and oxygen atoms in total. The van der Waals surface area contributed by atoms with Crippen LogP contribution in [-0.4, -0.2) is 82.0 Å². The molecule has 0 aromatic carbocycles. The smallest absolute Gasteiger partial charge is 0.262 e. The largest absolute Gasteiger partial charge is 0.395 e. The molecule has 4 rings (SSSR count). The number of aliphatic imine (C=N–C) groups is 2. The molecule has 0 bridgehead atoms. The molecule has 3 heterocycles. The van der Waals surface area contributed by atoms with E-state index in [-0.39, 0.29) is 30.1 Å². The van der Waals surface area contributed by atoms with Crippen LogP contribution in [-0.2, 0) is 9.59 Å². The Balaban J connectivity index is 1.31. The van der Waals surface area contributed by atoms with E-state index in [0.29, 0.717) is 24.8 Å². The highest BCUT2D eigenvalue weighted by Crippen LogP contribution is 2.47. The molecule has 2 amide bonds. The number of carbonyl (C=O) groups excluding carboxylic acids is 2. The molecular formula is C18H24N4O3S2. The summed E-state index contributed by atoms with van der Waals surface area (Å²) in [5.74, 6) is -0.0553. The standard InChI is InChI=1S/C18H24N4O3S2/c23-10-9-21-5-7-22(8-6-21)14(24)11-26-18-19-16(25)15-12-3-1-2-4-13(12)27-17(15)20-18/h15,23H,1-11H2. The average molecular weight is 409 g/mol. The van der Waals surface area contributed by atoms with Crippen molar-refractivity contribution in [2.45, 2.75) is 25.7 Å². The number of β-amino-alcohol motifs (C(OH)–C–C–N with tert-alkyl or cyclic N) is 1. The number of fused-ring (bicyclic) bond motifs is 2. The van der Waals surface area contributed by atoms with Crippen molar-refractivity contribution in [2.75, 3.05) is 45.1 Å². The first-order valence-corrected chi connectivity index (χ1v) is 11.3. The zero-order valence-electron chi connectivity index (χ0n) is 15.2. The Hall–Kier alpha value is -1.16. The first kappa shape index (κ1) is 19.2. The summed E-state index contributed by atoms with van der Waals surface area (Å²) in [6, 6.07) is 0. The van der Waals surface area contributed by atoms with Crippen LogP contribution < -0.4 is 0 Å². The highest BCUT2D eigenvalue weighted by molar-refractivity contribution is 8.18. The Morgan fingerprint density at radius 3 is 2.74 bits per heavy atom. The fourth-order valence-corrected chi connectivity index (χ4v) is 6.07. The van der Waals surface area contributed by atoms with Crippen LogP contribution >= 0.6 is 23.5 Å². The van der Waals surface area contributed by atoms with Crippen molar-refractivity contribution in [3.05, 3.63) is 10.5 Å². The molecule has 1 fully saturated rings. The molecule has 0 radical (unpaired) electrons. The van der Waals surface area contributed by atoms with E-state index in [9.17, 15) is 9.59 Å². The van der Waals surface area contributed by atoms with Crippen LogP contribution in [0.5, 0.6) is 0 Å². The quantitative estimate of drug-likeness (QED) is 0.756. The van der Waals surface area contributed by atoms with Gasteiger partial charge in [-0.2, -0.15) is 4.99 Å². The number of aliphatic hydroxyl groups excluding tert-OH is 1. The maximum Gasteiger partial charge on any atom is 0.262 e. The summed E-state index contributed by atoms with van der Waals surface area (Å²) in [5.41, 5.74) is 1.24. The topological polar surface area (TPSA) is 85.6 Å². The van der Waals surface area contributed by atoms with E-state index in [1.54, 1.807) is 11.8 Å². The maximum atomic E-state index is 12.5. The molecule has 1 unspecified atom stereocenters. The lowest BCUT2D eigenvalue weighted by molar-refractivity contribution is -0.130. The summed E-state index contributed by atoms with van der Waals surface area (Å²) >= 11 is 2.91. The minimum absolute atomic E-state index is 0.0533. The Kier molecular flexibility index (Phi) is 6.01. The predicted molar refractivity (Wildman–Crippen MR) is 109 cm³/mol. The highest BCUT2D eigenvalue weighted by Gasteiger charge is 2.40. The molecule has 1 aliphatic carbocycles. The van der Waals surface area contributed by atoms with Crippen LogP contribution in [0, 0.1) is 5.92 Å². The Labute approximate surface area is 167 Å². The van der Waals surface area contributed by atoms with E-state index in [0.717, 1.165) is 37.4 Å². The Morgan fingerprint density at radius 1 is 1.19 bits per heavy atom. The molecule has 0 saturated carbocycles. The lowest BCUT2D eigenvalue weighted by atomic mass is 9.89. The lowest BCUT2D eigenvalue weighted by Gasteiger charge is -2.34. The monoisotopic (exact) mass is 408 g/mol. The van der Waals surface area contributed by atoms with Crippen molar-refractivity contribution in [1.82, 2.24) is 9.80 Å². The van der Waals surface area contributed by atoms with E-state index in [1.807, 2.05) is 4.90 Å². The normalized spacial score (nSPS) is 25.9. The van der Waals surface area contributed by atoms with Crippen molar-refractivity contribution in [2.24, 2.45) is 15.9 Å². The summed E-state index contributed by atoms with van der Waals surface area (Å²) in [6.07, 6.45) is 4.35. The van der Waals surface area contributed by atoms with Gasteiger partial charge in [-0.15, -0.1) is 0 Å². The lowest BCUT2D eigenvalue weighted by Crippen LogP contribution is -2.49. The SMILES string of the molecule is O=C1N=C(SCC(=O)N2CCN(CCO)CC2)N=C2SC3=C(CCCC3)C12. The van der Waals surface area contributed by atoms with Gasteiger partial charge in [0.05, 0.1) is 17.4 Å². The van der Waals surface area contributed by atoms with Gasteiger partial charge in [0.15, 0.2) is 5.17 Å². The first-order chi connectivity index (χ1) is 13.2. The molecule has 0 spiro atoms. The molecule has 27 heavy (non-hydrogen) atoms. The third-order valence-electron chi connectivity index (χ3n) is 5.41. The molecule has 146 valence electrons. The summed E-state index contributed by atoms with van der Waals surface area (Å²) in [4.78, 5) is 39.1. The van der Waals surface area contributed by atoms with Gasteiger partial charge < -0.3 is 10.0 Å².